The summed E-state index contributed by atoms with van der Waals surface area (Å²) in [6.45, 7) is 3.67. The zero-order valence-corrected chi connectivity index (χ0v) is 15.0. The van der Waals surface area contributed by atoms with Crippen molar-refractivity contribution < 1.29 is 4.74 Å². The number of fused-ring (bicyclic) bond motifs is 1. The number of thiophene rings is 1. The van der Waals surface area contributed by atoms with Gasteiger partial charge < -0.3 is 9.30 Å². The number of hydrogen-bond donors (Lipinski definition) is 0. The summed E-state index contributed by atoms with van der Waals surface area (Å²) in [5, 5.41) is 2.10. The first-order valence-corrected chi connectivity index (χ1v) is 9.38. The van der Waals surface area contributed by atoms with E-state index in [1.54, 1.807) is 11.3 Å². The molecular formula is C21H20N2OS. The molecule has 25 heavy (non-hydrogen) atoms. The maximum absolute atomic E-state index is 5.87. The quantitative estimate of drug-likeness (QED) is 0.428. The average Bonchev–Trinajstić information content (AvgIpc) is 3.28. The normalized spacial score (nSPS) is 11.1. The fourth-order valence-electron chi connectivity index (χ4n) is 2.94. The van der Waals surface area contributed by atoms with Crippen LogP contribution < -0.4 is 4.74 Å². The Morgan fingerprint density at radius 3 is 2.64 bits per heavy atom. The summed E-state index contributed by atoms with van der Waals surface area (Å²) in [5.41, 5.74) is 3.48. The average molecular weight is 348 g/mol. The van der Waals surface area contributed by atoms with E-state index in [0.29, 0.717) is 6.61 Å². The topological polar surface area (TPSA) is 27.1 Å². The Kier molecular flexibility index (Phi) is 4.53. The Balaban J connectivity index is 1.50. The zero-order valence-electron chi connectivity index (χ0n) is 14.2. The summed E-state index contributed by atoms with van der Waals surface area (Å²) in [7, 11) is 0. The van der Waals surface area contributed by atoms with Crippen molar-refractivity contribution in [3.63, 3.8) is 0 Å². The molecule has 0 amide bonds. The van der Waals surface area contributed by atoms with Gasteiger partial charge in [-0.05, 0) is 49.1 Å². The second kappa shape index (κ2) is 7.11. The number of hydrogen-bond acceptors (Lipinski definition) is 3. The van der Waals surface area contributed by atoms with Gasteiger partial charge in [0.25, 0.3) is 0 Å². The van der Waals surface area contributed by atoms with Gasteiger partial charge in [-0.3, -0.25) is 0 Å². The third kappa shape index (κ3) is 3.44. The molecule has 0 saturated heterocycles. The lowest BCUT2D eigenvalue weighted by Crippen LogP contribution is -2.05. The summed E-state index contributed by atoms with van der Waals surface area (Å²) in [4.78, 5) is 6.04. The number of para-hydroxylation sites is 2. The largest absolute Gasteiger partial charge is 0.494 e. The van der Waals surface area contributed by atoms with Crippen LogP contribution in [0.15, 0.2) is 66.0 Å². The third-order valence-electron chi connectivity index (χ3n) is 4.21. The molecule has 4 rings (SSSR count). The standard InChI is InChI=1S/C21H20N2OS/c1-16-9-11-17(12-10-16)24-14-5-13-23-19-7-3-2-6-18(19)22-21(23)20-8-4-15-25-20/h2-4,6-12,15H,5,13-14H2,1H3. The molecule has 4 aromatic rings. The molecule has 2 heterocycles. The molecule has 3 nitrogen and oxygen atoms in total. The van der Waals surface area contributed by atoms with Crippen LogP contribution in [-0.4, -0.2) is 16.2 Å². The van der Waals surface area contributed by atoms with Crippen LogP contribution in [0, 0.1) is 6.92 Å². The molecule has 0 radical (unpaired) electrons. The van der Waals surface area contributed by atoms with E-state index in [0.717, 1.165) is 30.1 Å². The van der Waals surface area contributed by atoms with Crippen LogP contribution in [0.25, 0.3) is 21.7 Å². The van der Waals surface area contributed by atoms with Crippen LogP contribution in [0.3, 0.4) is 0 Å². The first-order chi connectivity index (χ1) is 12.3. The molecule has 0 atom stereocenters. The van der Waals surface area contributed by atoms with Gasteiger partial charge in [-0.1, -0.05) is 35.9 Å². The van der Waals surface area contributed by atoms with Crippen LogP contribution in [0.4, 0.5) is 0 Å². The van der Waals surface area contributed by atoms with Crippen LogP contribution in [-0.2, 0) is 6.54 Å². The van der Waals surface area contributed by atoms with Gasteiger partial charge >= 0.3 is 0 Å². The van der Waals surface area contributed by atoms with Crippen molar-refractivity contribution in [3.05, 3.63) is 71.6 Å². The van der Waals surface area contributed by atoms with Crippen LogP contribution in [0.2, 0.25) is 0 Å². The lowest BCUT2D eigenvalue weighted by Gasteiger charge is -2.10. The molecule has 0 fully saturated rings. The van der Waals surface area contributed by atoms with E-state index >= 15 is 0 Å². The summed E-state index contributed by atoms with van der Waals surface area (Å²) >= 11 is 1.73. The van der Waals surface area contributed by atoms with E-state index in [2.05, 4.69) is 59.3 Å². The molecule has 0 aliphatic rings. The molecule has 0 aliphatic carbocycles. The van der Waals surface area contributed by atoms with Crippen molar-refractivity contribution in [2.24, 2.45) is 0 Å². The van der Waals surface area contributed by atoms with Gasteiger partial charge in [0.15, 0.2) is 5.82 Å². The van der Waals surface area contributed by atoms with Crippen LogP contribution in [0.1, 0.15) is 12.0 Å². The Hall–Kier alpha value is -2.59. The van der Waals surface area contributed by atoms with Crippen molar-refractivity contribution in [2.75, 3.05) is 6.61 Å². The molecule has 2 aromatic heterocycles. The van der Waals surface area contributed by atoms with Gasteiger partial charge in [-0.15, -0.1) is 11.3 Å². The first kappa shape index (κ1) is 15.9. The monoisotopic (exact) mass is 348 g/mol. The zero-order chi connectivity index (χ0) is 17.1. The summed E-state index contributed by atoms with van der Waals surface area (Å²) < 4.78 is 8.18. The van der Waals surface area contributed by atoms with E-state index < -0.39 is 0 Å². The number of rotatable bonds is 6. The SMILES string of the molecule is Cc1ccc(OCCCn2c(-c3cccs3)nc3ccccc32)cc1. The number of benzene rings is 2. The Labute approximate surface area is 151 Å². The molecule has 2 aromatic carbocycles. The number of aromatic nitrogens is 2. The predicted molar refractivity (Wildman–Crippen MR) is 104 cm³/mol. The minimum Gasteiger partial charge on any atom is -0.494 e. The number of nitrogens with zero attached hydrogens (tertiary/aromatic N) is 2. The molecule has 0 N–H and O–H groups in total. The number of aryl methyl sites for hydroxylation is 2. The van der Waals surface area contributed by atoms with Crippen molar-refractivity contribution in [3.8, 4) is 16.5 Å². The van der Waals surface area contributed by atoms with E-state index in [9.17, 15) is 0 Å². The van der Waals surface area contributed by atoms with Gasteiger partial charge in [-0.25, -0.2) is 4.98 Å². The maximum atomic E-state index is 5.87. The molecule has 0 aliphatic heterocycles. The van der Waals surface area contributed by atoms with Gasteiger partial charge in [0.2, 0.25) is 0 Å². The second-order valence-corrected chi connectivity index (χ2v) is 7.02. The molecule has 4 heteroatoms. The smallest absolute Gasteiger partial charge is 0.151 e. The molecular weight excluding hydrogens is 328 g/mol. The Morgan fingerprint density at radius 2 is 1.84 bits per heavy atom. The summed E-state index contributed by atoms with van der Waals surface area (Å²) in [6.07, 6.45) is 0.937. The summed E-state index contributed by atoms with van der Waals surface area (Å²) in [5.74, 6) is 1.98. The highest BCUT2D eigenvalue weighted by Gasteiger charge is 2.12. The van der Waals surface area contributed by atoms with Crippen molar-refractivity contribution in [1.29, 1.82) is 0 Å². The van der Waals surface area contributed by atoms with E-state index in [1.807, 2.05) is 18.2 Å². The van der Waals surface area contributed by atoms with Gasteiger partial charge in [-0.2, -0.15) is 0 Å². The first-order valence-electron chi connectivity index (χ1n) is 8.50. The molecule has 0 spiro atoms. The van der Waals surface area contributed by atoms with Gasteiger partial charge in [0, 0.05) is 6.54 Å². The lowest BCUT2D eigenvalue weighted by atomic mass is 10.2. The van der Waals surface area contributed by atoms with Crippen molar-refractivity contribution in [1.82, 2.24) is 9.55 Å². The highest BCUT2D eigenvalue weighted by Crippen LogP contribution is 2.28. The van der Waals surface area contributed by atoms with E-state index in [1.165, 1.54) is 16.0 Å². The molecule has 126 valence electrons. The fraction of sp³-hybridized carbons (Fsp3) is 0.190. The van der Waals surface area contributed by atoms with Crippen molar-refractivity contribution in [2.45, 2.75) is 19.9 Å². The van der Waals surface area contributed by atoms with Crippen LogP contribution >= 0.6 is 11.3 Å². The Bertz CT molecular complexity index is 955. The molecule has 0 bridgehead atoms. The Morgan fingerprint density at radius 1 is 1.00 bits per heavy atom. The number of imidazole rings is 1. The molecule has 0 saturated carbocycles. The van der Waals surface area contributed by atoms with Crippen LogP contribution in [0.5, 0.6) is 5.75 Å². The number of ether oxygens (including phenoxy) is 1. The lowest BCUT2D eigenvalue weighted by molar-refractivity contribution is 0.303. The van der Waals surface area contributed by atoms with Gasteiger partial charge in [0.1, 0.15) is 5.75 Å². The third-order valence-corrected chi connectivity index (χ3v) is 5.08. The maximum Gasteiger partial charge on any atom is 0.151 e. The predicted octanol–water partition coefficient (Wildman–Crippen LogP) is 5.54. The van der Waals surface area contributed by atoms with Gasteiger partial charge in [0.05, 0.1) is 22.5 Å². The van der Waals surface area contributed by atoms with E-state index in [4.69, 9.17) is 9.72 Å². The fourth-order valence-corrected chi connectivity index (χ4v) is 3.67. The minimum absolute atomic E-state index is 0.694. The van der Waals surface area contributed by atoms with E-state index in [-0.39, 0.29) is 0 Å². The second-order valence-electron chi connectivity index (χ2n) is 6.07. The minimum atomic E-state index is 0.694. The highest BCUT2D eigenvalue weighted by molar-refractivity contribution is 7.13. The highest BCUT2D eigenvalue weighted by atomic mass is 32.1. The summed E-state index contributed by atoms with van der Waals surface area (Å²) in [6, 6.07) is 20.7. The molecule has 0 unspecified atom stereocenters. The van der Waals surface area contributed by atoms with Crippen molar-refractivity contribution >= 4 is 22.4 Å².